The van der Waals surface area contributed by atoms with Crippen LogP contribution in [0, 0.1) is 0 Å². The van der Waals surface area contributed by atoms with E-state index in [4.69, 9.17) is 4.74 Å². The lowest BCUT2D eigenvalue weighted by molar-refractivity contribution is 0.0944. The molecule has 1 saturated carbocycles. The topological polar surface area (TPSA) is 38.3 Å². The molecule has 1 aliphatic rings. The zero-order valence-corrected chi connectivity index (χ0v) is 8.37. The number of alkyl halides is 1. The summed E-state index contributed by atoms with van der Waals surface area (Å²) in [6, 6.07) is 6.57. The summed E-state index contributed by atoms with van der Waals surface area (Å²) in [4.78, 5) is 11.7. The highest BCUT2D eigenvalue weighted by Crippen LogP contribution is 2.26. The molecular weight excluding hydrogens is 197 g/mol. The molecule has 0 heterocycles. The highest BCUT2D eigenvalue weighted by molar-refractivity contribution is 5.97. The van der Waals surface area contributed by atoms with Crippen molar-refractivity contribution in [1.82, 2.24) is 5.32 Å². The van der Waals surface area contributed by atoms with E-state index < -0.39 is 6.17 Å². The fourth-order valence-corrected chi connectivity index (χ4v) is 1.39. The van der Waals surface area contributed by atoms with Gasteiger partial charge in [0.05, 0.1) is 18.7 Å². The molecule has 1 N–H and O–H groups in total. The fraction of sp³-hybridized carbons (Fsp3) is 0.364. The average Bonchev–Trinajstić information content (AvgIpc) is 2.94. The standard InChI is InChI=1S/C11H12FNO2/c1-15-10-5-3-2-4-7(10)11(14)13-9-6-8(9)12/h2-5,8-9H,6H2,1H3,(H,13,14)/t8-,9-/m0/s1. The first kappa shape index (κ1) is 9.96. The van der Waals surface area contributed by atoms with Gasteiger partial charge in [-0.25, -0.2) is 4.39 Å². The maximum Gasteiger partial charge on any atom is 0.255 e. The number of benzene rings is 1. The van der Waals surface area contributed by atoms with Gasteiger partial charge in [0.25, 0.3) is 5.91 Å². The molecule has 0 saturated heterocycles. The van der Waals surface area contributed by atoms with Crippen molar-refractivity contribution in [3.05, 3.63) is 29.8 Å². The molecule has 4 heteroatoms. The van der Waals surface area contributed by atoms with Gasteiger partial charge >= 0.3 is 0 Å². The molecule has 0 spiro atoms. The van der Waals surface area contributed by atoms with E-state index in [1.54, 1.807) is 24.3 Å². The molecule has 0 unspecified atom stereocenters. The van der Waals surface area contributed by atoms with Crippen LogP contribution in [0.25, 0.3) is 0 Å². The number of para-hydroxylation sites is 1. The maximum atomic E-state index is 12.6. The van der Waals surface area contributed by atoms with Crippen LogP contribution in [0.15, 0.2) is 24.3 Å². The molecule has 0 radical (unpaired) electrons. The SMILES string of the molecule is COc1ccccc1C(=O)N[C@H]1C[C@@H]1F. The molecule has 1 aliphatic carbocycles. The highest BCUT2D eigenvalue weighted by Gasteiger charge is 2.39. The molecule has 15 heavy (non-hydrogen) atoms. The number of hydrogen-bond acceptors (Lipinski definition) is 2. The van der Waals surface area contributed by atoms with Crippen molar-refractivity contribution >= 4 is 5.91 Å². The first-order valence-corrected chi connectivity index (χ1v) is 4.80. The van der Waals surface area contributed by atoms with Crippen LogP contribution >= 0.6 is 0 Å². The largest absolute Gasteiger partial charge is 0.496 e. The van der Waals surface area contributed by atoms with E-state index in [0.29, 0.717) is 17.7 Å². The zero-order valence-electron chi connectivity index (χ0n) is 8.37. The van der Waals surface area contributed by atoms with Crippen LogP contribution in [0.2, 0.25) is 0 Å². The molecule has 0 aliphatic heterocycles. The maximum absolute atomic E-state index is 12.6. The summed E-state index contributed by atoms with van der Waals surface area (Å²) in [5.74, 6) is 0.226. The molecule has 0 aromatic heterocycles. The second-order valence-corrected chi connectivity index (χ2v) is 3.53. The van der Waals surface area contributed by atoms with Gasteiger partial charge in [-0.2, -0.15) is 0 Å². The molecule has 2 atom stereocenters. The van der Waals surface area contributed by atoms with Crippen LogP contribution in [-0.4, -0.2) is 25.2 Å². The molecular formula is C11H12FNO2. The van der Waals surface area contributed by atoms with E-state index in [1.165, 1.54) is 7.11 Å². The lowest BCUT2D eigenvalue weighted by Gasteiger charge is -2.07. The number of carbonyl (C=O) groups excluding carboxylic acids is 1. The summed E-state index contributed by atoms with van der Waals surface area (Å²) in [5, 5.41) is 2.60. The number of carbonyl (C=O) groups is 1. The van der Waals surface area contributed by atoms with E-state index in [2.05, 4.69) is 5.32 Å². The van der Waals surface area contributed by atoms with Crippen molar-refractivity contribution in [3.63, 3.8) is 0 Å². The Balaban J connectivity index is 2.10. The molecule has 80 valence electrons. The smallest absolute Gasteiger partial charge is 0.255 e. The minimum atomic E-state index is -0.886. The lowest BCUT2D eigenvalue weighted by atomic mass is 10.2. The third kappa shape index (κ3) is 2.09. The Kier molecular flexibility index (Phi) is 2.58. The Bertz CT molecular complexity index is 381. The predicted octanol–water partition coefficient (Wildman–Crippen LogP) is 1.54. The molecule has 0 bridgehead atoms. The van der Waals surface area contributed by atoms with Crippen LogP contribution in [0.4, 0.5) is 4.39 Å². The quantitative estimate of drug-likeness (QED) is 0.820. The van der Waals surface area contributed by atoms with Gasteiger partial charge < -0.3 is 10.1 Å². The van der Waals surface area contributed by atoms with Gasteiger partial charge in [0.1, 0.15) is 11.9 Å². The fourth-order valence-electron chi connectivity index (χ4n) is 1.39. The Hall–Kier alpha value is -1.58. The number of ether oxygens (including phenoxy) is 1. The van der Waals surface area contributed by atoms with Crippen LogP contribution in [-0.2, 0) is 0 Å². The van der Waals surface area contributed by atoms with Crippen molar-refractivity contribution in [3.8, 4) is 5.75 Å². The predicted molar refractivity (Wildman–Crippen MR) is 53.8 cm³/mol. The number of nitrogens with one attached hydrogen (secondary N) is 1. The average molecular weight is 209 g/mol. The van der Waals surface area contributed by atoms with E-state index in [0.717, 1.165) is 0 Å². The minimum absolute atomic E-state index is 0.280. The van der Waals surface area contributed by atoms with Crippen LogP contribution < -0.4 is 10.1 Å². The normalized spacial score (nSPS) is 23.3. The number of rotatable bonds is 3. The van der Waals surface area contributed by atoms with E-state index in [9.17, 15) is 9.18 Å². The summed E-state index contributed by atoms with van der Waals surface area (Å²) in [6.07, 6.45) is -0.468. The lowest BCUT2D eigenvalue weighted by Crippen LogP contribution is -2.27. The molecule has 1 fully saturated rings. The van der Waals surface area contributed by atoms with Crippen molar-refractivity contribution in [2.24, 2.45) is 0 Å². The first-order valence-electron chi connectivity index (χ1n) is 4.80. The Morgan fingerprint density at radius 3 is 2.80 bits per heavy atom. The third-order valence-corrected chi connectivity index (χ3v) is 2.38. The van der Waals surface area contributed by atoms with Gasteiger partial charge in [0.2, 0.25) is 0 Å². The molecule has 2 rings (SSSR count). The second kappa shape index (κ2) is 3.88. The number of methoxy groups -OCH3 is 1. The zero-order chi connectivity index (χ0) is 10.8. The Morgan fingerprint density at radius 1 is 1.53 bits per heavy atom. The van der Waals surface area contributed by atoms with Gasteiger partial charge in [0.15, 0.2) is 0 Å². The Labute approximate surface area is 87.2 Å². The molecule has 1 aromatic rings. The number of amides is 1. The highest BCUT2D eigenvalue weighted by atomic mass is 19.1. The van der Waals surface area contributed by atoms with E-state index in [1.807, 2.05) is 0 Å². The number of hydrogen-bond donors (Lipinski definition) is 1. The van der Waals surface area contributed by atoms with Crippen molar-refractivity contribution in [1.29, 1.82) is 0 Å². The van der Waals surface area contributed by atoms with Crippen LogP contribution in [0.5, 0.6) is 5.75 Å². The van der Waals surface area contributed by atoms with Gasteiger partial charge in [-0.1, -0.05) is 12.1 Å². The first-order chi connectivity index (χ1) is 7.22. The summed E-state index contributed by atoms with van der Waals surface area (Å²) >= 11 is 0. The summed E-state index contributed by atoms with van der Waals surface area (Å²) in [7, 11) is 1.50. The monoisotopic (exact) mass is 209 g/mol. The van der Waals surface area contributed by atoms with Gasteiger partial charge in [-0.05, 0) is 12.1 Å². The molecule has 1 aromatic carbocycles. The van der Waals surface area contributed by atoms with Crippen LogP contribution in [0.3, 0.4) is 0 Å². The Morgan fingerprint density at radius 2 is 2.20 bits per heavy atom. The van der Waals surface area contributed by atoms with Crippen molar-refractivity contribution in [2.45, 2.75) is 18.6 Å². The van der Waals surface area contributed by atoms with Gasteiger partial charge in [-0.15, -0.1) is 0 Å². The summed E-state index contributed by atoms with van der Waals surface area (Å²) in [6.45, 7) is 0. The van der Waals surface area contributed by atoms with Crippen molar-refractivity contribution in [2.75, 3.05) is 7.11 Å². The molecule has 1 amide bonds. The van der Waals surface area contributed by atoms with E-state index >= 15 is 0 Å². The van der Waals surface area contributed by atoms with Crippen LogP contribution in [0.1, 0.15) is 16.8 Å². The van der Waals surface area contributed by atoms with E-state index in [-0.39, 0.29) is 11.9 Å². The minimum Gasteiger partial charge on any atom is -0.496 e. The summed E-state index contributed by atoms with van der Waals surface area (Å²) < 4.78 is 17.6. The molecule has 3 nitrogen and oxygen atoms in total. The second-order valence-electron chi connectivity index (χ2n) is 3.53. The van der Waals surface area contributed by atoms with Crippen molar-refractivity contribution < 1.29 is 13.9 Å². The van der Waals surface area contributed by atoms with Gasteiger partial charge in [-0.3, -0.25) is 4.79 Å². The summed E-state index contributed by atoms with van der Waals surface area (Å²) in [5.41, 5.74) is 0.444. The third-order valence-electron chi connectivity index (χ3n) is 2.38. The van der Waals surface area contributed by atoms with Gasteiger partial charge in [0, 0.05) is 6.42 Å². The number of halogens is 1.